The molecule has 2 fully saturated rings. The van der Waals surface area contributed by atoms with E-state index in [1.165, 1.54) is 0 Å². The Balaban J connectivity index is 1.86. The molecule has 0 aromatic rings. The monoisotopic (exact) mass is 352 g/mol. The first-order valence-corrected chi connectivity index (χ1v) is 9.48. The quantitative estimate of drug-likeness (QED) is 0.719. The van der Waals surface area contributed by atoms with Crippen molar-refractivity contribution < 1.29 is 19.1 Å². The van der Waals surface area contributed by atoms with Gasteiger partial charge >= 0.3 is 5.97 Å². The van der Waals surface area contributed by atoms with Gasteiger partial charge in [-0.1, -0.05) is 25.7 Å². The highest BCUT2D eigenvalue weighted by Crippen LogP contribution is 2.42. The Morgan fingerprint density at radius 2 is 1.60 bits per heavy atom. The average molecular weight is 352 g/mol. The smallest absolute Gasteiger partial charge is 0.313 e. The minimum absolute atomic E-state index is 0.132. The van der Waals surface area contributed by atoms with Gasteiger partial charge in [-0.2, -0.15) is 0 Å². The van der Waals surface area contributed by atoms with Crippen molar-refractivity contribution in [3.05, 3.63) is 0 Å². The van der Waals surface area contributed by atoms with E-state index in [1.54, 1.807) is 0 Å². The maximum Gasteiger partial charge on any atom is 0.313 e. The molecule has 0 heterocycles. The predicted octanol–water partition coefficient (Wildman–Crippen LogP) is 2.45. The van der Waals surface area contributed by atoms with Crippen LogP contribution in [0.4, 0.5) is 0 Å². The number of nitrogens with one attached hydrogen (secondary N) is 2. The van der Waals surface area contributed by atoms with Crippen LogP contribution in [0, 0.1) is 5.41 Å². The largest absolute Gasteiger partial charge is 0.455 e. The molecule has 2 N–H and O–H groups in total. The molecule has 6 heteroatoms. The fourth-order valence-electron chi connectivity index (χ4n) is 3.90. The van der Waals surface area contributed by atoms with Gasteiger partial charge < -0.3 is 15.4 Å². The van der Waals surface area contributed by atoms with E-state index in [9.17, 15) is 14.4 Å². The number of carbonyl (C=O) groups is 3. The Hall–Kier alpha value is -1.59. The van der Waals surface area contributed by atoms with Crippen LogP contribution in [0.25, 0.3) is 0 Å². The van der Waals surface area contributed by atoms with E-state index in [-0.39, 0.29) is 36.4 Å². The summed E-state index contributed by atoms with van der Waals surface area (Å²) in [4.78, 5) is 36.9. The number of amides is 2. The zero-order valence-corrected chi connectivity index (χ0v) is 15.8. The van der Waals surface area contributed by atoms with Crippen LogP contribution in [0.2, 0.25) is 0 Å². The summed E-state index contributed by atoms with van der Waals surface area (Å²) < 4.78 is 5.30. The van der Waals surface area contributed by atoms with Gasteiger partial charge in [0.25, 0.3) is 5.91 Å². The third-order valence-corrected chi connectivity index (χ3v) is 5.06. The van der Waals surface area contributed by atoms with Crippen molar-refractivity contribution >= 4 is 17.8 Å². The van der Waals surface area contributed by atoms with Gasteiger partial charge in [-0.3, -0.25) is 14.4 Å². The van der Waals surface area contributed by atoms with Crippen molar-refractivity contribution in [2.75, 3.05) is 6.61 Å². The van der Waals surface area contributed by atoms with E-state index >= 15 is 0 Å². The molecular formula is C19H32N2O4. The molecule has 2 saturated carbocycles. The summed E-state index contributed by atoms with van der Waals surface area (Å²) in [6.45, 7) is 5.49. The predicted molar refractivity (Wildman–Crippen MR) is 94.8 cm³/mol. The van der Waals surface area contributed by atoms with Crippen molar-refractivity contribution in [1.29, 1.82) is 0 Å². The van der Waals surface area contributed by atoms with E-state index in [4.69, 9.17) is 4.74 Å². The molecule has 0 spiro atoms. The Kier molecular flexibility index (Phi) is 6.47. The van der Waals surface area contributed by atoms with Crippen molar-refractivity contribution in [3.8, 4) is 0 Å². The Bertz CT molecular complexity index is 498. The highest BCUT2D eigenvalue weighted by molar-refractivity contribution is 5.88. The van der Waals surface area contributed by atoms with Crippen molar-refractivity contribution in [2.24, 2.45) is 5.41 Å². The molecule has 2 aliphatic carbocycles. The first kappa shape index (κ1) is 19.7. The second-order valence-electron chi connectivity index (χ2n) is 8.59. The average Bonchev–Trinajstić information content (AvgIpc) is 3.15. The molecule has 2 aliphatic rings. The molecule has 0 aromatic heterocycles. The molecule has 0 bridgehead atoms. The van der Waals surface area contributed by atoms with Crippen LogP contribution in [-0.4, -0.2) is 36.0 Å². The van der Waals surface area contributed by atoms with E-state index in [0.29, 0.717) is 12.8 Å². The Labute approximate surface area is 150 Å². The van der Waals surface area contributed by atoms with Gasteiger partial charge in [0.15, 0.2) is 6.61 Å². The van der Waals surface area contributed by atoms with Gasteiger partial charge in [0.2, 0.25) is 5.91 Å². The Morgan fingerprint density at radius 3 is 2.16 bits per heavy atom. The minimum atomic E-state index is -0.775. The lowest BCUT2D eigenvalue weighted by molar-refractivity contribution is -0.160. The van der Waals surface area contributed by atoms with Gasteiger partial charge in [0.1, 0.15) is 0 Å². The van der Waals surface area contributed by atoms with Crippen LogP contribution in [0.3, 0.4) is 0 Å². The van der Waals surface area contributed by atoms with Crippen LogP contribution in [-0.2, 0) is 19.1 Å². The van der Waals surface area contributed by atoms with Crippen molar-refractivity contribution in [1.82, 2.24) is 10.6 Å². The molecule has 2 rings (SSSR count). The fourth-order valence-corrected chi connectivity index (χ4v) is 3.90. The van der Waals surface area contributed by atoms with Crippen LogP contribution < -0.4 is 10.6 Å². The molecule has 6 nitrogen and oxygen atoms in total. The van der Waals surface area contributed by atoms with E-state index in [0.717, 1.165) is 38.5 Å². The summed E-state index contributed by atoms with van der Waals surface area (Å²) in [7, 11) is 0. The van der Waals surface area contributed by atoms with Crippen LogP contribution in [0.1, 0.15) is 78.6 Å². The molecule has 142 valence electrons. The van der Waals surface area contributed by atoms with Gasteiger partial charge in [0.05, 0.1) is 5.41 Å². The van der Waals surface area contributed by atoms with Crippen LogP contribution in [0.15, 0.2) is 0 Å². The van der Waals surface area contributed by atoms with Crippen molar-refractivity contribution in [2.45, 2.75) is 90.1 Å². The second kappa shape index (κ2) is 8.19. The summed E-state index contributed by atoms with van der Waals surface area (Å²) in [5.74, 6) is -0.787. The van der Waals surface area contributed by atoms with Gasteiger partial charge in [-0.25, -0.2) is 0 Å². The van der Waals surface area contributed by atoms with Gasteiger partial charge in [-0.15, -0.1) is 0 Å². The topological polar surface area (TPSA) is 84.5 Å². The van der Waals surface area contributed by atoms with E-state index in [2.05, 4.69) is 10.6 Å². The summed E-state index contributed by atoms with van der Waals surface area (Å²) in [5, 5.41) is 5.83. The fraction of sp³-hybridized carbons (Fsp3) is 0.842. The third kappa shape index (κ3) is 6.01. The lowest BCUT2D eigenvalue weighted by atomic mass is 9.82. The molecule has 0 radical (unpaired) electrons. The highest BCUT2D eigenvalue weighted by atomic mass is 16.5. The molecule has 0 unspecified atom stereocenters. The molecule has 0 aliphatic heterocycles. The number of hydrogen-bond donors (Lipinski definition) is 2. The summed E-state index contributed by atoms with van der Waals surface area (Å²) in [5.41, 5.74) is -1.11. The van der Waals surface area contributed by atoms with Crippen LogP contribution in [0.5, 0.6) is 0 Å². The molecule has 0 atom stereocenters. The molecule has 0 aromatic carbocycles. The highest BCUT2D eigenvalue weighted by Gasteiger charge is 2.44. The third-order valence-electron chi connectivity index (χ3n) is 5.06. The number of rotatable bonds is 6. The lowest BCUT2D eigenvalue weighted by Crippen LogP contribution is -2.45. The normalized spacial score (nSPS) is 20.3. The summed E-state index contributed by atoms with van der Waals surface area (Å²) in [6, 6.07) is 0.212. The van der Waals surface area contributed by atoms with E-state index in [1.807, 2.05) is 20.8 Å². The first-order valence-electron chi connectivity index (χ1n) is 9.48. The van der Waals surface area contributed by atoms with Gasteiger partial charge in [-0.05, 0) is 46.5 Å². The molecule has 25 heavy (non-hydrogen) atoms. The number of hydrogen-bond acceptors (Lipinski definition) is 4. The van der Waals surface area contributed by atoms with Gasteiger partial charge in [0, 0.05) is 18.0 Å². The summed E-state index contributed by atoms with van der Waals surface area (Å²) >= 11 is 0. The SMILES string of the molecule is CC(C)(C)NC(=O)CC1(C(=O)OCC(=O)NC2CCCC2)CCCC1. The van der Waals surface area contributed by atoms with E-state index < -0.39 is 11.4 Å². The number of ether oxygens (including phenoxy) is 1. The second-order valence-corrected chi connectivity index (χ2v) is 8.59. The zero-order chi connectivity index (χ0) is 18.5. The zero-order valence-electron chi connectivity index (χ0n) is 15.8. The number of carbonyl (C=O) groups excluding carboxylic acids is 3. The Morgan fingerprint density at radius 1 is 1.00 bits per heavy atom. The van der Waals surface area contributed by atoms with Crippen LogP contribution >= 0.6 is 0 Å². The molecule has 2 amide bonds. The maximum absolute atomic E-state index is 12.6. The summed E-state index contributed by atoms with van der Waals surface area (Å²) in [6.07, 6.45) is 7.51. The number of esters is 1. The molecule has 0 saturated heterocycles. The standard InChI is InChI=1S/C19H32N2O4/c1-18(2,3)21-15(22)12-19(10-6-7-11-19)17(24)25-13-16(23)20-14-8-4-5-9-14/h14H,4-13H2,1-3H3,(H,20,23)(H,21,22). The van der Waals surface area contributed by atoms with Crippen molar-refractivity contribution in [3.63, 3.8) is 0 Å². The maximum atomic E-state index is 12.6. The lowest BCUT2D eigenvalue weighted by Gasteiger charge is -2.28. The molecular weight excluding hydrogens is 320 g/mol. The first-order chi connectivity index (χ1) is 11.7. The minimum Gasteiger partial charge on any atom is -0.455 e.